The SMILES string of the molecule is NONC(=O)NO. The van der Waals surface area contributed by atoms with Gasteiger partial charge >= 0.3 is 6.03 Å². The number of nitrogens with one attached hydrogen (secondary N) is 2. The number of amides is 2. The summed E-state index contributed by atoms with van der Waals surface area (Å²) < 4.78 is 0. The van der Waals surface area contributed by atoms with Gasteiger partial charge in [0, 0.05) is 0 Å². The normalized spacial score (nSPS) is 7.71. The molecule has 0 atom stereocenters. The molecule has 6 nitrogen and oxygen atoms in total. The first kappa shape index (κ1) is 6.15. The van der Waals surface area contributed by atoms with Crippen molar-refractivity contribution in [1.82, 2.24) is 11.0 Å². The largest absolute Gasteiger partial charge is 0.363 e. The van der Waals surface area contributed by atoms with Crippen molar-refractivity contribution in [3.8, 4) is 0 Å². The maximum atomic E-state index is 9.73. The van der Waals surface area contributed by atoms with Crippen molar-refractivity contribution < 1.29 is 14.9 Å². The highest BCUT2D eigenvalue weighted by atomic mass is 16.8. The van der Waals surface area contributed by atoms with Gasteiger partial charge in [0.25, 0.3) is 0 Å². The summed E-state index contributed by atoms with van der Waals surface area (Å²) >= 11 is 0. The number of urea groups is 1. The van der Waals surface area contributed by atoms with E-state index in [4.69, 9.17) is 5.21 Å². The van der Waals surface area contributed by atoms with E-state index in [0.29, 0.717) is 0 Å². The predicted molar refractivity (Wildman–Crippen MR) is 18.7 cm³/mol. The first-order valence-corrected chi connectivity index (χ1v) is 1.37. The Balaban J connectivity index is 3.00. The molecular formula is CH5N3O3. The number of hydrogen-bond acceptors (Lipinski definition) is 4. The first-order valence-electron chi connectivity index (χ1n) is 1.37. The van der Waals surface area contributed by atoms with Crippen LogP contribution in [0.5, 0.6) is 0 Å². The Morgan fingerprint density at radius 1 is 1.86 bits per heavy atom. The molecule has 6 heteroatoms. The number of rotatable bonds is 1. The molecule has 0 fully saturated rings. The standard InChI is InChI=1S/CH5N3O3/c2-7-4-1(5)3-6/h6H,2H2,(H2,3,4,5). The Hall–Kier alpha value is -0.850. The highest BCUT2D eigenvalue weighted by Gasteiger charge is 1.89. The fraction of sp³-hybridized carbons (Fsp3) is 0. The van der Waals surface area contributed by atoms with Crippen LogP contribution in [-0.2, 0) is 4.94 Å². The molecule has 7 heavy (non-hydrogen) atoms. The van der Waals surface area contributed by atoms with E-state index < -0.39 is 6.03 Å². The van der Waals surface area contributed by atoms with Crippen molar-refractivity contribution in [2.75, 3.05) is 0 Å². The minimum absolute atomic E-state index is 0.914. The second kappa shape index (κ2) is 3.34. The maximum Gasteiger partial charge on any atom is 0.363 e. The zero-order chi connectivity index (χ0) is 5.70. The van der Waals surface area contributed by atoms with Gasteiger partial charge in [-0.15, -0.1) is 0 Å². The van der Waals surface area contributed by atoms with Crippen molar-refractivity contribution in [3.05, 3.63) is 0 Å². The van der Waals surface area contributed by atoms with E-state index in [9.17, 15) is 4.79 Å². The fourth-order valence-corrected chi connectivity index (χ4v) is 0.0763. The van der Waals surface area contributed by atoms with Crippen LogP contribution in [0.1, 0.15) is 0 Å². The molecule has 0 radical (unpaired) electrons. The number of carbonyl (C=O) groups is 1. The third-order valence-electron chi connectivity index (χ3n) is 0.253. The lowest BCUT2D eigenvalue weighted by Crippen LogP contribution is -2.34. The Labute approximate surface area is 39.1 Å². The van der Waals surface area contributed by atoms with Crippen molar-refractivity contribution in [2.45, 2.75) is 0 Å². The van der Waals surface area contributed by atoms with Gasteiger partial charge in [-0.25, -0.2) is 10.3 Å². The van der Waals surface area contributed by atoms with Crippen molar-refractivity contribution >= 4 is 6.03 Å². The molecular weight excluding hydrogens is 102 g/mol. The third kappa shape index (κ3) is 2.97. The van der Waals surface area contributed by atoms with Gasteiger partial charge in [-0.05, 0) is 0 Å². The Bertz CT molecular complexity index is 63.2. The minimum Gasteiger partial charge on any atom is -0.287 e. The summed E-state index contributed by atoms with van der Waals surface area (Å²) in [7, 11) is 0. The molecule has 0 saturated carbocycles. The van der Waals surface area contributed by atoms with E-state index >= 15 is 0 Å². The smallest absolute Gasteiger partial charge is 0.287 e. The van der Waals surface area contributed by atoms with Crippen LogP contribution >= 0.6 is 0 Å². The van der Waals surface area contributed by atoms with Crippen molar-refractivity contribution in [1.29, 1.82) is 0 Å². The topological polar surface area (TPSA) is 96.6 Å². The first-order chi connectivity index (χ1) is 3.31. The van der Waals surface area contributed by atoms with Crippen LogP contribution in [0.15, 0.2) is 0 Å². The summed E-state index contributed by atoms with van der Waals surface area (Å²) in [4.78, 5) is 13.3. The molecule has 0 bridgehead atoms. The average Bonchev–Trinajstić information content (AvgIpc) is 1.68. The molecule has 0 aliphatic heterocycles. The van der Waals surface area contributed by atoms with Crippen LogP contribution in [0.2, 0.25) is 0 Å². The lowest BCUT2D eigenvalue weighted by atomic mass is 11.2. The van der Waals surface area contributed by atoms with Crippen LogP contribution in [0.3, 0.4) is 0 Å². The highest BCUT2D eigenvalue weighted by Crippen LogP contribution is 1.52. The van der Waals surface area contributed by atoms with Crippen LogP contribution in [-0.4, -0.2) is 11.2 Å². The summed E-state index contributed by atoms with van der Waals surface area (Å²) in [5.41, 5.74) is 2.78. The predicted octanol–water partition coefficient (Wildman–Crippen LogP) is -1.52. The van der Waals surface area contributed by atoms with Gasteiger partial charge in [-0.3, -0.25) is 5.21 Å². The van der Waals surface area contributed by atoms with Gasteiger partial charge in [0.2, 0.25) is 0 Å². The van der Waals surface area contributed by atoms with Crippen LogP contribution < -0.4 is 16.9 Å². The second-order valence-electron chi connectivity index (χ2n) is 0.661. The van der Waals surface area contributed by atoms with Crippen LogP contribution in [0.4, 0.5) is 4.79 Å². The number of hydroxylamine groups is 2. The molecule has 0 saturated heterocycles. The zero-order valence-electron chi connectivity index (χ0n) is 3.34. The van der Waals surface area contributed by atoms with E-state index in [-0.39, 0.29) is 0 Å². The fourth-order valence-electron chi connectivity index (χ4n) is 0.0763. The molecule has 0 unspecified atom stereocenters. The van der Waals surface area contributed by atoms with Crippen molar-refractivity contribution in [2.24, 2.45) is 5.90 Å². The number of nitrogens with two attached hydrogens (primary N) is 1. The van der Waals surface area contributed by atoms with Gasteiger partial charge in [-0.2, -0.15) is 16.3 Å². The lowest BCUT2D eigenvalue weighted by molar-refractivity contribution is 0.0454. The third-order valence-corrected chi connectivity index (χ3v) is 0.253. The summed E-state index contributed by atoms with van der Waals surface area (Å²) in [5.74, 6) is 4.32. The lowest BCUT2D eigenvalue weighted by Gasteiger charge is -1.94. The van der Waals surface area contributed by atoms with Gasteiger partial charge in [0.1, 0.15) is 0 Å². The van der Waals surface area contributed by atoms with E-state index in [1.807, 2.05) is 0 Å². The Morgan fingerprint density at radius 3 is 2.57 bits per heavy atom. The van der Waals surface area contributed by atoms with E-state index in [2.05, 4.69) is 10.8 Å². The molecule has 0 rings (SSSR count). The average molecular weight is 107 g/mol. The van der Waals surface area contributed by atoms with Gasteiger partial charge in [0.05, 0.1) is 0 Å². The zero-order valence-corrected chi connectivity index (χ0v) is 3.34. The van der Waals surface area contributed by atoms with E-state index in [1.54, 1.807) is 5.48 Å². The van der Waals surface area contributed by atoms with E-state index in [0.717, 1.165) is 0 Å². The molecule has 5 N–H and O–H groups in total. The highest BCUT2D eigenvalue weighted by molar-refractivity contribution is 5.71. The Kier molecular flexibility index (Phi) is 2.94. The number of carbonyl (C=O) groups excluding carboxylic acids is 1. The Morgan fingerprint density at radius 2 is 2.43 bits per heavy atom. The molecule has 0 aromatic carbocycles. The monoisotopic (exact) mass is 107 g/mol. The van der Waals surface area contributed by atoms with Gasteiger partial charge in [-0.1, -0.05) is 0 Å². The molecule has 2 amide bonds. The summed E-state index contributed by atoms with van der Waals surface area (Å²) in [6.07, 6.45) is 0. The summed E-state index contributed by atoms with van der Waals surface area (Å²) in [6, 6.07) is -0.914. The molecule has 0 aromatic rings. The summed E-state index contributed by atoms with van der Waals surface area (Å²) in [5, 5.41) is 7.67. The van der Waals surface area contributed by atoms with Crippen LogP contribution in [0.25, 0.3) is 0 Å². The second-order valence-corrected chi connectivity index (χ2v) is 0.661. The van der Waals surface area contributed by atoms with Crippen LogP contribution in [0, 0.1) is 0 Å². The summed E-state index contributed by atoms with van der Waals surface area (Å²) in [6.45, 7) is 0. The van der Waals surface area contributed by atoms with Crippen molar-refractivity contribution in [3.63, 3.8) is 0 Å². The molecule has 42 valence electrons. The van der Waals surface area contributed by atoms with Gasteiger partial charge < -0.3 is 0 Å². The molecule has 0 aromatic heterocycles. The number of hydrogen-bond donors (Lipinski definition) is 4. The molecule has 0 spiro atoms. The molecule has 0 aliphatic rings. The quantitative estimate of drug-likeness (QED) is 0.241. The minimum atomic E-state index is -0.914. The molecule has 0 aliphatic carbocycles. The maximum absolute atomic E-state index is 9.73. The van der Waals surface area contributed by atoms with E-state index in [1.165, 1.54) is 5.48 Å². The molecule has 0 heterocycles. The van der Waals surface area contributed by atoms with Gasteiger partial charge in [0.15, 0.2) is 0 Å².